The number of rotatable bonds is 3. The Bertz CT molecular complexity index is 607. The first kappa shape index (κ1) is 12.5. The summed E-state index contributed by atoms with van der Waals surface area (Å²) < 4.78 is 14.7. The number of hydrogen-bond donors (Lipinski definition) is 1. The number of nitrogens with two attached hydrogens (primary N) is 1. The molecule has 1 aromatic carbocycles. The Morgan fingerprint density at radius 3 is 2.67 bits per heavy atom. The molecule has 0 radical (unpaired) electrons. The zero-order chi connectivity index (χ0) is 13.1. The van der Waals surface area contributed by atoms with Gasteiger partial charge in [0.2, 0.25) is 0 Å². The van der Waals surface area contributed by atoms with Gasteiger partial charge in [0, 0.05) is 24.3 Å². The average Bonchev–Trinajstić information content (AvgIpc) is 2.34. The van der Waals surface area contributed by atoms with E-state index in [1.54, 1.807) is 22.8 Å². The Kier molecular flexibility index (Phi) is 3.58. The zero-order valence-electron chi connectivity index (χ0n) is 10.1. The molecule has 0 aliphatic rings. The minimum atomic E-state index is -0.403. The van der Waals surface area contributed by atoms with Gasteiger partial charge in [0.1, 0.15) is 5.82 Å². The Morgan fingerprint density at radius 2 is 2.00 bits per heavy atom. The molecule has 0 saturated heterocycles. The molecule has 3 nitrogen and oxygen atoms in total. The lowest BCUT2D eigenvalue weighted by Gasteiger charge is -2.16. The summed E-state index contributed by atoms with van der Waals surface area (Å²) >= 11 is 0. The highest BCUT2D eigenvalue weighted by molar-refractivity contribution is 5.20. The maximum atomic E-state index is 13.1. The highest BCUT2D eigenvalue weighted by Crippen LogP contribution is 2.13. The molecule has 0 spiro atoms. The van der Waals surface area contributed by atoms with E-state index in [0.29, 0.717) is 12.1 Å². The molecule has 94 valence electrons. The van der Waals surface area contributed by atoms with Crippen LogP contribution in [0.5, 0.6) is 0 Å². The number of nitrogens with zero attached hydrogens (tertiary/aromatic N) is 1. The van der Waals surface area contributed by atoms with Crippen LogP contribution in [-0.4, -0.2) is 4.57 Å². The molecule has 1 unspecified atom stereocenters. The molecule has 2 aromatic rings. The minimum absolute atomic E-state index is 0.0955. The van der Waals surface area contributed by atoms with Crippen LogP contribution in [0.25, 0.3) is 0 Å². The van der Waals surface area contributed by atoms with Crippen molar-refractivity contribution in [2.75, 3.05) is 0 Å². The number of halogens is 1. The molecule has 1 atom stereocenters. The summed E-state index contributed by atoms with van der Waals surface area (Å²) in [5.74, 6) is -0.319. The van der Waals surface area contributed by atoms with Crippen molar-refractivity contribution in [1.29, 1.82) is 0 Å². The summed E-state index contributed by atoms with van der Waals surface area (Å²) in [7, 11) is 0. The van der Waals surface area contributed by atoms with E-state index in [1.165, 1.54) is 18.2 Å². The van der Waals surface area contributed by atoms with Crippen LogP contribution in [0.2, 0.25) is 0 Å². The van der Waals surface area contributed by atoms with Crippen LogP contribution in [-0.2, 0) is 6.54 Å². The van der Waals surface area contributed by atoms with Crippen LogP contribution in [0.1, 0.15) is 17.3 Å². The standard InChI is InChI=1S/C14H15FN2O/c1-10-4-2-7-14(18)17(10)9-13(16)11-5-3-6-12(15)8-11/h2-8,13H,9,16H2,1H3. The highest BCUT2D eigenvalue weighted by atomic mass is 19.1. The van der Waals surface area contributed by atoms with Gasteiger partial charge in [0.25, 0.3) is 5.56 Å². The molecule has 0 aliphatic carbocycles. The van der Waals surface area contributed by atoms with Crippen molar-refractivity contribution in [2.24, 2.45) is 5.73 Å². The zero-order valence-corrected chi connectivity index (χ0v) is 10.1. The maximum absolute atomic E-state index is 13.1. The van der Waals surface area contributed by atoms with Gasteiger partial charge >= 0.3 is 0 Å². The lowest BCUT2D eigenvalue weighted by Crippen LogP contribution is -2.27. The molecule has 4 heteroatoms. The van der Waals surface area contributed by atoms with Crippen LogP contribution in [0.3, 0.4) is 0 Å². The van der Waals surface area contributed by atoms with Gasteiger partial charge < -0.3 is 10.3 Å². The quantitative estimate of drug-likeness (QED) is 0.900. The summed E-state index contributed by atoms with van der Waals surface area (Å²) in [6.07, 6.45) is 0. The molecule has 0 amide bonds. The third kappa shape index (κ3) is 2.65. The second-order valence-electron chi connectivity index (χ2n) is 4.28. The van der Waals surface area contributed by atoms with Crippen molar-refractivity contribution in [3.05, 3.63) is 69.9 Å². The SMILES string of the molecule is Cc1cccc(=O)n1CC(N)c1cccc(F)c1. The van der Waals surface area contributed by atoms with Crippen LogP contribution in [0, 0.1) is 12.7 Å². The van der Waals surface area contributed by atoms with Crippen LogP contribution in [0.4, 0.5) is 4.39 Å². The molecule has 1 aromatic heterocycles. The summed E-state index contributed by atoms with van der Waals surface area (Å²) in [6, 6.07) is 10.8. The topological polar surface area (TPSA) is 48.0 Å². The van der Waals surface area contributed by atoms with Gasteiger partial charge in [-0.15, -0.1) is 0 Å². The smallest absolute Gasteiger partial charge is 0.250 e. The summed E-state index contributed by atoms with van der Waals surface area (Å²) in [4.78, 5) is 11.7. The van der Waals surface area contributed by atoms with E-state index in [2.05, 4.69) is 0 Å². The fourth-order valence-corrected chi connectivity index (χ4v) is 1.90. The van der Waals surface area contributed by atoms with Crippen molar-refractivity contribution in [1.82, 2.24) is 4.57 Å². The third-order valence-corrected chi connectivity index (χ3v) is 2.92. The van der Waals surface area contributed by atoms with Gasteiger partial charge in [-0.1, -0.05) is 18.2 Å². The lowest BCUT2D eigenvalue weighted by atomic mass is 10.1. The van der Waals surface area contributed by atoms with Crippen LogP contribution in [0.15, 0.2) is 47.3 Å². The highest BCUT2D eigenvalue weighted by Gasteiger charge is 2.09. The van der Waals surface area contributed by atoms with Crippen LogP contribution < -0.4 is 11.3 Å². The van der Waals surface area contributed by atoms with E-state index < -0.39 is 6.04 Å². The van der Waals surface area contributed by atoms with Gasteiger partial charge in [-0.05, 0) is 30.7 Å². The first-order valence-electron chi connectivity index (χ1n) is 5.75. The molecule has 18 heavy (non-hydrogen) atoms. The Morgan fingerprint density at radius 1 is 1.28 bits per heavy atom. The Labute approximate surface area is 105 Å². The van der Waals surface area contributed by atoms with E-state index in [9.17, 15) is 9.18 Å². The predicted octanol–water partition coefficient (Wildman–Crippen LogP) is 2.00. The Hall–Kier alpha value is -1.94. The largest absolute Gasteiger partial charge is 0.322 e. The number of benzene rings is 1. The lowest BCUT2D eigenvalue weighted by molar-refractivity contribution is 0.545. The van der Waals surface area contributed by atoms with Crippen molar-refractivity contribution in [3.63, 3.8) is 0 Å². The number of aryl methyl sites for hydroxylation is 1. The maximum Gasteiger partial charge on any atom is 0.250 e. The van der Waals surface area contributed by atoms with Gasteiger partial charge in [0.05, 0.1) is 0 Å². The summed E-state index contributed by atoms with van der Waals surface area (Å²) in [5.41, 5.74) is 7.44. The number of aromatic nitrogens is 1. The van der Waals surface area contributed by atoms with E-state index >= 15 is 0 Å². The first-order valence-corrected chi connectivity index (χ1v) is 5.75. The molecular formula is C14H15FN2O. The van der Waals surface area contributed by atoms with E-state index in [4.69, 9.17) is 5.73 Å². The third-order valence-electron chi connectivity index (χ3n) is 2.92. The summed E-state index contributed by atoms with van der Waals surface area (Å²) in [6.45, 7) is 2.19. The number of pyridine rings is 1. The fraction of sp³-hybridized carbons (Fsp3) is 0.214. The molecular weight excluding hydrogens is 231 g/mol. The molecule has 0 saturated carbocycles. The second kappa shape index (κ2) is 5.14. The van der Waals surface area contributed by atoms with E-state index in [0.717, 1.165) is 5.69 Å². The average molecular weight is 246 g/mol. The monoisotopic (exact) mass is 246 g/mol. The van der Waals surface area contributed by atoms with Gasteiger partial charge in [-0.2, -0.15) is 0 Å². The van der Waals surface area contributed by atoms with Gasteiger partial charge in [-0.25, -0.2) is 4.39 Å². The van der Waals surface area contributed by atoms with Crippen LogP contribution >= 0.6 is 0 Å². The molecule has 2 rings (SSSR count). The fourth-order valence-electron chi connectivity index (χ4n) is 1.90. The van der Waals surface area contributed by atoms with E-state index in [1.807, 2.05) is 13.0 Å². The first-order chi connectivity index (χ1) is 8.58. The Balaban J connectivity index is 2.27. The minimum Gasteiger partial charge on any atom is -0.322 e. The molecule has 0 aliphatic heterocycles. The van der Waals surface area contributed by atoms with Crippen molar-refractivity contribution in [3.8, 4) is 0 Å². The predicted molar refractivity (Wildman–Crippen MR) is 68.8 cm³/mol. The van der Waals surface area contributed by atoms with E-state index in [-0.39, 0.29) is 11.4 Å². The normalized spacial score (nSPS) is 12.4. The van der Waals surface area contributed by atoms with Crippen molar-refractivity contribution >= 4 is 0 Å². The van der Waals surface area contributed by atoms with Crippen molar-refractivity contribution < 1.29 is 4.39 Å². The number of hydrogen-bond acceptors (Lipinski definition) is 2. The van der Waals surface area contributed by atoms with Gasteiger partial charge in [0.15, 0.2) is 0 Å². The summed E-state index contributed by atoms with van der Waals surface area (Å²) in [5, 5.41) is 0. The van der Waals surface area contributed by atoms with Gasteiger partial charge in [-0.3, -0.25) is 4.79 Å². The molecule has 0 bridgehead atoms. The molecule has 1 heterocycles. The second-order valence-corrected chi connectivity index (χ2v) is 4.28. The molecule has 2 N–H and O–H groups in total. The molecule has 0 fully saturated rings. The van der Waals surface area contributed by atoms with Crippen molar-refractivity contribution in [2.45, 2.75) is 19.5 Å².